The zero-order chi connectivity index (χ0) is 37.2. The molecule has 4 rings (SSSR count). The SMILES string of the molecule is CC(=O)N1CCN([C@@H]2C(O)(O)[C@H](c3ccc(F)cc3C)N(C(=O)N(C)[C@H](C)c3cc(C(F)(F)F)cc(C(F)(F)F)c3)C(O)(O)C2(O)O)CC1. The molecule has 19 heteroatoms. The Hall–Kier alpha value is -3.59. The number of benzene rings is 2. The molecular formula is C30H35F7N4O8. The van der Waals surface area contributed by atoms with E-state index in [0.29, 0.717) is 17.0 Å². The van der Waals surface area contributed by atoms with Crippen molar-refractivity contribution in [2.75, 3.05) is 33.2 Å². The highest BCUT2D eigenvalue weighted by Gasteiger charge is 2.74. The van der Waals surface area contributed by atoms with Crippen LogP contribution in [0.3, 0.4) is 0 Å². The van der Waals surface area contributed by atoms with Gasteiger partial charge >= 0.3 is 24.3 Å². The molecule has 2 aliphatic rings. The number of rotatable bonds is 4. The van der Waals surface area contributed by atoms with Crippen molar-refractivity contribution in [1.29, 1.82) is 0 Å². The standard InChI is InChI=1S/C30H35F7N4O8/c1-15-11-21(31)5-6-22(15)23-26(44,45)24(40-9-7-39(8-10-40)17(3)42)27(46,47)30(48,49)41(23)25(43)38(4)16(2)18-12-19(28(32,33)34)14-20(13-18)29(35,36)37/h5-6,11-14,16,23-24,44-49H,7-10H2,1-4H3/t16-,23+,24-/m1/s1. The summed E-state index contributed by atoms with van der Waals surface area (Å²) >= 11 is 0. The molecule has 0 radical (unpaired) electrons. The van der Waals surface area contributed by atoms with Crippen LogP contribution < -0.4 is 0 Å². The van der Waals surface area contributed by atoms with Gasteiger partial charge in [-0.2, -0.15) is 26.3 Å². The zero-order valence-electron chi connectivity index (χ0n) is 26.5. The number of alkyl halides is 6. The zero-order valence-corrected chi connectivity index (χ0v) is 26.5. The maximum atomic E-state index is 14.2. The van der Waals surface area contributed by atoms with E-state index in [-0.39, 0.29) is 54.2 Å². The molecule has 0 aromatic heterocycles. The molecule has 2 fully saturated rings. The molecule has 3 amide bonds. The number of piperazine rings is 1. The maximum absolute atomic E-state index is 14.2. The van der Waals surface area contributed by atoms with Crippen molar-refractivity contribution in [3.8, 4) is 0 Å². The molecule has 0 spiro atoms. The summed E-state index contributed by atoms with van der Waals surface area (Å²) in [6, 6.07) is -5.20. The van der Waals surface area contributed by atoms with E-state index in [1.54, 1.807) is 0 Å². The Labute approximate surface area is 274 Å². The summed E-state index contributed by atoms with van der Waals surface area (Å²) in [7, 11) is 0.825. The largest absolute Gasteiger partial charge is 0.416 e. The Morgan fingerprint density at radius 2 is 1.39 bits per heavy atom. The molecule has 0 saturated carbocycles. The minimum atomic E-state index is -5.26. The van der Waals surface area contributed by atoms with Crippen LogP contribution in [0.1, 0.15) is 53.7 Å². The van der Waals surface area contributed by atoms with Gasteiger partial charge in [-0.25, -0.2) is 9.18 Å². The van der Waals surface area contributed by atoms with Gasteiger partial charge in [0.1, 0.15) is 17.9 Å². The monoisotopic (exact) mass is 712 g/mol. The van der Waals surface area contributed by atoms with Crippen LogP contribution in [0.2, 0.25) is 0 Å². The number of hydrogen-bond acceptors (Lipinski definition) is 9. The van der Waals surface area contributed by atoms with Crippen molar-refractivity contribution in [3.63, 3.8) is 0 Å². The van der Waals surface area contributed by atoms with Crippen LogP contribution in [-0.4, -0.2) is 119 Å². The predicted octanol–water partition coefficient (Wildman–Crippen LogP) is 1.87. The van der Waals surface area contributed by atoms with E-state index in [2.05, 4.69) is 0 Å². The number of carbonyl (C=O) groups excluding carboxylic acids is 2. The van der Waals surface area contributed by atoms with Crippen molar-refractivity contribution < 1.29 is 71.0 Å². The highest BCUT2D eigenvalue weighted by Crippen LogP contribution is 2.51. The van der Waals surface area contributed by atoms with E-state index in [4.69, 9.17) is 0 Å². The molecule has 6 N–H and O–H groups in total. The van der Waals surface area contributed by atoms with Crippen molar-refractivity contribution in [3.05, 3.63) is 70.0 Å². The van der Waals surface area contributed by atoms with Gasteiger partial charge in [0.05, 0.1) is 17.2 Å². The van der Waals surface area contributed by atoms with Gasteiger partial charge in [-0.3, -0.25) is 14.6 Å². The quantitative estimate of drug-likeness (QED) is 0.205. The molecular weight excluding hydrogens is 677 g/mol. The van der Waals surface area contributed by atoms with E-state index >= 15 is 0 Å². The molecule has 272 valence electrons. The first-order valence-electron chi connectivity index (χ1n) is 14.7. The van der Waals surface area contributed by atoms with Gasteiger partial charge in [-0.05, 0) is 60.9 Å². The lowest BCUT2D eigenvalue weighted by Crippen LogP contribution is -2.85. The first kappa shape index (κ1) is 38.2. The molecule has 0 bridgehead atoms. The van der Waals surface area contributed by atoms with Crippen LogP contribution in [0, 0.1) is 12.7 Å². The lowest BCUT2D eigenvalue weighted by Gasteiger charge is -2.61. The Morgan fingerprint density at radius 1 is 0.878 bits per heavy atom. The summed E-state index contributed by atoms with van der Waals surface area (Å²) in [5.74, 6) is -13.0. The summed E-state index contributed by atoms with van der Waals surface area (Å²) < 4.78 is 95.7. The fraction of sp³-hybridized carbons (Fsp3) is 0.533. The Morgan fingerprint density at radius 3 is 1.84 bits per heavy atom. The van der Waals surface area contributed by atoms with Crippen molar-refractivity contribution in [2.45, 2.75) is 68.7 Å². The maximum Gasteiger partial charge on any atom is 0.416 e. The molecule has 2 aliphatic heterocycles. The molecule has 49 heavy (non-hydrogen) atoms. The fourth-order valence-corrected chi connectivity index (χ4v) is 6.33. The Kier molecular flexibility index (Phi) is 9.85. The number of halogens is 7. The van der Waals surface area contributed by atoms with Crippen molar-refractivity contribution in [2.24, 2.45) is 0 Å². The highest BCUT2D eigenvalue weighted by molar-refractivity contribution is 5.77. The number of carbonyl (C=O) groups is 2. The molecule has 12 nitrogen and oxygen atoms in total. The van der Waals surface area contributed by atoms with Crippen molar-refractivity contribution >= 4 is 11.9 Å². The summed E-state index contributed by atoms with van der Waals surface area (Å²) in [6.07, 6.45) is -10.5. The molecule has 0 unspecified atom stereocenters. The second-order valence-corrected chi connectivity index (χ2v) is 12.3. The third kappa shape index (κ3) is 6.80. The minimum Gasteiger partial charge on any atom is -0.362 e. The lowest BCUT2D eigenvalue weighted by atomic mass is 9.77. The minimum absolute atomic E-state index is 0.0815. The van der Waals surface area contributed by atoms with Gasteiger partial charge in [-0.15, -0.1) is 0 Å². The van der Waals surface area contributed by atoms with Crippen LogP contribution in [0.5, 0.6) is 0 Å². The summed E-state index contributed by atoms with van der Waals surface area (Å²) in [5.41, 5.74) is -4.65. The molecule has 2 saturated heterocycles. The fourth-order valence-electron chi connectivity index (χ4n) is 6.33. The van der Waals surface area contributed by atoms with Gasteiger partial charge in [0.2, 0.25) is 11.7 Å². The normalized spacial score (nSPS) is 23.3. The Balaban J connectivity index is 1.87. The van der Waals surface area contributed by atoms with E-state index in [0.717, 1.165) is 37.1 Å². The Bertz CT molecular complexity index is 1560. The second kappa shape index (κ2) is 12.6. The van der Waals surface area contributed by atoms with Gasteiger partial charge in [0, 0.05) is 40.2 Å². The highest BCUT2D eigenvalue weighted by atomic mass is 19.4. The van der Waals surface area contributed by atoms with Crippen LogP contribution in [0.4, 0.5) is 35.5 Å². The number of aliphatic hydroxyl groups is 6. The molecule has 2 aromatic carbocycles. The lowest BCUT2D eigenvalue weighted by molar-refractivity contribution is -0.482. The van der Waals surface area contributed by atoms with Gasteiger partial charge in [0.25, 0.3) is 5.79 Å². The van der Waals surface area contributed by atoms with Crippen LogP contribution in [0.25, 0.3) is 0 Å². The average molecular weight is 713 g/mol. The number of hydrogen-bond donors (Lipinski definition) is 6. The van der Waals surface area contributed by atoms with E-state index in [1.165, 1.54) is 18.7 Å². The average Bonchev–Trinajstić information content (AvgIpc) is 2.97. The van der Waals surface area contributed by atoms with E-state index in [1.807, 2.05) is 0 Å². The number of aryl methyl sites for hydroxylation is 1. The smallest absolute Gasteiger partial charge is 0.362 e. The van der Waals surface area contributed by atoms with Gasteiger partial charge in [-0.1, -0.05) is 6.07 Å². The first-order chi connectivity index (χ1) is 22.2. The van der Waals surface area contributed by atoms with Crippen molar-refractivity contribution in [1.82, 2.24) is 19.6 Å². The van der Waals surface area contributed by atoms with Gasteiger partial charge in [0.15, 0.2) is 0 Å². The summed E-state index contributed by atoms with van der Waals surface area (Å²) in [6.45, 7) is 2.77. The van der Waals surface area contributed by atoms with Crippen LogP contribution >= 0.6 is 0 Å². The van der Waals surface area contributed by atoms with E-state index < -0.39 is 76.5 Å². The van der Waals surface area contributed by atoms with Crippen LogP contribution in [-0.2, 0) is 17.1 Å². The topological polar surface area (TPSA) is 168 Å². The first-order valence-corrected chi connectivity index (χ1v) is 14.7. The molecule has 3 atom stereocenters. The number of urea groups is 1. The number of amides is 3. The molecule has 0 aliphatic carbocycles. The van der Waals surface area contributed by atoms with Gasteiger partial charge < -0.3 is 40.4 Å². The third-order valence-electron chi connectivity index (χ3n) is 9.11. The second-order valence-electron chi connectivity index (χ2n) is 12.3. The number of likely N-dealkylation sites (tertiary alicyclic amines) is 1. The molecule has 2 aromatic rings. The third-order valence-corrected chi connectivity index (χ3v) is 9.11. The summed E-state index contributed by atoms with van der Waals surface area (Å²) in [4.78, 5) is 28.6. The predicted molar refractivity (Wildman–Crippen MR) is 153 cm³/mol. The molecule has 2 heterocycles. The summed E-state index contributed by atoms with van der Waals surface area (Å²) in [5, 5.41) is 69.0. The number of piperidine rings is 1. The van der Waals surface area contributed by atoms with Crippen LogP contribution in [0.15, 0.2) is 36.4 Å². The van der Waals surface area contributed by atoms with E-state index in [9.17, 15) is 71.0 Å². The number of nitrogens with zero attached hydrogens (tertiary/aromatic N) is 4.